The Kier molecular flexibility index (Phi) is 6.74. The minimum Gasteiger partial charge on any atom is -0.349 e. The second-order valence-electron chi connectivity index (χ2n) is 7.84. The van der Waals surface area contributed by atoms with E-state index in [-0.39, 0.29) is 11.7 Å². The van der Waals surface area contributed by atoms with Crippen molar-refractivity contribution >= 4 is 16.8 Å². The van der Waals surface area contributed by atoms with Gasteiger partial charge in [-0.25, -0.2) is 4.39 Å². The highest BCUT2D eigenvalue weighted by atomic mass is 19.1. The van der Waals surface area contributed by atoms with E-state index in [1.54, 1.807) is 10.8 Å². The van der Waals surface area contributed by atoms with Crippen molar-refractivity contribution in [1.82, 2.24) is 24.9 Å². The highest BCUT2D eigenvalue weighted by Gasteiger charge is 2.19. The third-order valence-corrected chi connectivity index (χ3v) is 5.67. The predicted octanol–water partition coefficient (Wildman–Crippen LogP) is 2.91. The van der Waals surface area contributed by atoms with Crippen LogP contribution in [0.25, 0.3) is 10.9 Å². The Morgan fingerprint density at radius 2 is 1.77 bits per heavy atom. The van der Waals surface area contributed by atoms with E-state index < -0.39 is 0 Å². The Morgan fingerprint density at radius 1 is 1.06 bits per heavy atom. The fraction of sp³-hybridized carbons (Fsp3) is 0.333. The minimum absolute atomic E-state index is 0.144. The maximum atomic E-state index is 13.1. The molecule has 0 radical (unpaired) electrons. The zero-order valence-corrected chi connectivity index (χ0v) is 17.6. The van der Waals surface area contributed by atoms with E-state index in [0.29, 0.717) is 18.8 Å². The molecule has 0 unspecified atom stereocenters. The Labute approximate surface area is 181 Å². The summed E-state index contributed by atoms with van der Waals surface area (Å²) in [4.78, 5) is 17.5. The van der Waals surface area contributed by atoms with Gasteiger partial charge in [0.25, 0.3) is 5.91 Å². The molecule has 1 saturated heterocycles. The second-order valence-corrected chi connectivity index (χ2v) is 7.84. The lowest BCUT2D eigenvalue weighted by Gasteiger charge is -2.34. The molecule has 1 fully saturated rings. The first-order valence-electron chi connectivity index (χ1n) is 10.7. The van der Waals surface area contributed by atoms with Crippen LogP contribution < -0.4 is 5.32 Å². The number of halogens is 1. The molecule has 3 aromatic rings. The van der Waals surface area contributed by atoms with Crippen LogP contribution in [0.2, 0.25) is 0 Å². The molecule has 2 aromatic carbocycles. The summed E-state index contributed by atoms with van der Waals surface area (Å²) in [6.45, 7) is 10.4. The fourth-order valence-corrected chi connectivity index (χ4v) is 3.99. The molecule has 0 aliphatic carbocycles. The molecule has 0 saturated carbocycles. The Balaban J connectivity index is 1.25. The summed E-state index contributed by atoms with van der Waals surface area (Å²) in [6, 6.07) is 14.5. The molecule has 1 aliphatic heterocycles. The highest BCUT2D eigenvalue weighted by Crippen LogP contribution is 2.18. The first-order valence-corrected chi connectivity index (χ1v) is 10.7. The molecule has 0 atom stereocenters. The molecule has 31 heavy (non-hydrogen) atoms. The number of aromatic nitrogens is 2. The van der Waals surface area contributed by atoms with Crippen molar-refractivity contribution in [3.05, 3.63) is 78.3 Å². The topological polar surface area (TPSA) is 53.4 Å². The average molecular weight is 422 g/mol. The van der Waals surface area contributed by atoms with Gasteiger partial charge in [-0.1, -0.05) is 36.4 Å². The zero-order valence-electron chi connectivity index (χ0n) is 17.6. The van der Waals surface area contributed by atoms with E-state index in [2.05, 4.69) is 26.8 Å². The summed E-state index contributed by atoms with van der Waals surface area (Å²) in [5.41, 5.74) is 2.52. The number of para-hydroxylation sites is 1. The first-order chi connectivity index (χ1) is 15.1. The molecule has 1 aromatic heterocycles. The molecule has 1 amide bonds. The lowest BCUT2D eigenvalue weighted by Crippen LogP contribution is -2.48. The summed E-state index contributed by atoms with van der Waals surface area (Å²) in [5.74, 6) is -0.343. The molecule has 1 N–H and O–H groups in total. The van der Waals surface area contributed by atoms with Crippen LogP contribution in [0.5, 0.6) is 0 Å². The van der Waals surface area contributed by atoms with Gasteiger partial charge in [0.15, 0.2) is 5.69 Å². The van der Waals surface area contributed by atoms with Crippen LogP contribution in [0, 0.1) is 5.82 Å². The van der Waals surface area contributed by atoms with Crippen molar-refractivity contribution in [2.75, 3.05) is 39.3 Å². The van der Waals surface area contributed by atoms with E-state index in [4.69, 9.17) is 0 Å². The normalized spacial score (nSPS) is 15.3. The molecule has 7 heteroatoms. The standard InChI is InChI=1S/C24H28FN5O/c1-2-12-30-22-6-4-3-5-21(22)23(27-30)24(31)26-11-13-28-14-16-29(17-15-28)18-19-7-9-20(25)10-8-19/h2-10H,1,11-18H2,(H,26,31). The number of piperazine rings is 1. The van der Waals surface area contributed by atoms with Crippen LogP contribution in [0.15, 0.2) is 61.2 Å². The smallest absolute Gasteiger partial charge is 0.272 e. The van der Waals surface area contributed by atoms with E-state index >= 15 is 0 Å². The van der Waals surface area contributed by atoms with Gasteiger partial charge in [0.1, 0.15) is 5.82 Å². The lowest BCUT2D eigenvalue weighted by molar-refractivity contribution is 0.0930. The summed E-state index contributed by atoms with van der Waals surface area (Å²) >= 11 is 0. The summed E-state index contributed by atoms with van der Waals surface area (Å²) < 4.78 is 14.9. The Hall–Kier alpha value is -3.03. The third kappa shape index (κ3) is 5.18. The van der Waals surface area contributed by atoms with Crippen molar-refractivity contribution in [1.29, 1.82) is 0 Å². The molecule has 162 valence electrons. The summed E-state index contributed by atoms with van der Waals surface area (Å²) in [6.07, 6.45) is 1.77. The van der Waals surface area contributed by atoms with Crippen LogP contribution in [0.3, 0.4) is 0 Å². The van der Waals surface area contributed by atoms with E-state index in [9.17, 15) is 9.18 Å². The van der Waals surface area contributed by atoms with E-state index in [1.807, 2.05) is 36.4 Å². The van der Waals surface area contributed by atoms with E-state index in [1.165, 1.54) is 12.1 Å². The highest BCUT2D eigenvalue weighted by molar-refractivity contribution is 6.04. The van der Waals surface area contributed by atoms with E-state index in [0.717, 1.165) is 55.7 Å². The minimum atomic E-state index is -0.198. The maximum Gasteiger partial charge on any atom is 0.272 e. The largest absolute Gasteiger partial charge is 0.349 e. The third-order valence-electron chi connectivity index (χ3n) is 5.67. The number of nitrogens with zero attached hydrogens (tertiary/aromatic N) is 4. The molecule has 2 heterocycles. The molecule has 0 spiro atoms. The molecule has 6 nitrogen and oxygen atoms in total. The number of hydrogen-bond donors (Lipinski definition) is 1. The Bertz CT molecular complexity index is 1040. The van der Waals surface area contributed by atoms with Gasteiger partial charge >= 0.3 is 0 Å². The number of carbonyl (C=O) groups excluding carboxylic acids is 1. The second kappa shape index (κ2) is 9.85. The van der Waals surface area contributed by atoms with Crippen molar-refractivity contribution in [3.8, 4) is 0 Å². The predicted molar refractivity (Wildman–Crippen MR) is 120 cm³/mol. The number of nitrogens with one attached hydrogen (secondary N) is 1. The maximum absolute atomic E-state index is 13.1. The van der Waals surface area contributed by atoms with Crippen molar-refractivity contribution in [2.45, 2.75) is 13.1 Å². The Morgan fingerprint density at radius 3 is 2.52 bits per heavy atom. The van der Waals surface area contributed by atoms with Crippen LogP contribution in [0.4, 0.5) is 4.39 Å². The number of hydrogen-bond acceptors (Lipinski definition) is 4. The van der Waals surface area contributed by atoms with Gasteiger partial charge < -0.3 is 5.32 Å². The van der Waals surface area contributed by atoms with Gasteiger partial charge in [-0.2, -0.15) is 5.10 Å². The average Bonchev–Trinajstić information content (AvgIpc) is 3.16. The monoisotopic (exact) mass is 421 g/mol. The van der Waals surface area contributed by atoms with Crippen LogP contribution >= 0.6 is 0 Å². The lowest BCUT2D eigenvalue weighted by atomic mass is 10.2. The quantitative estimate of drug-likeness (QED) is 0.569. The molecule has 1 aliphatic rings. The molecular formula is C24H28FN5O. The number of amides is 1. The number of benzene rings is 2. The van der Waals surface area contributed by atoms with Gasteiger partial charge in [-0.3, -0.25) is 19.3 Å². The van der Waals surface area contributed by atoms with Crippen LogP contribution in [-0.2, 0) is 13.1 Å². The number of allylic oxidation sites excluding steroid dienone is 1. The van der Waals surface area contributed by atoms with Crippen LogP contribution in [-0.4, -0.2) is 64.8 Å². The number of rotatable bonds is 8. The van der Waals surface area contributed by atoms with Gasteiger partial charge in [-0.15, -0.1) is 6.58 Å². The first kappa shape index (κ1) is 21.2. The zero-order chi connectivity index (χ0) is 21.6. The number of carbonyl (C=O) groups is 1. The number of fused-ring (bicyclic) bond motifs is 1. The SMILES string of the molecule is C=CCn1nc(C(=O)NCCN2CCN(Cc3ccc(F)cc3)CC2)c2ccccc21. The van der Waals surface area contributed by atoms with Gasteiger partial charge in [0.05, 0.1) is 12.1 Å². The summed E-state index contributed by atoms with van der Waals surface area (Å²) in [5, 5.41) is 8.37. The fourth-order valence-electron chi connectivity index (χ4n) is 3.99. The van der Waals surface area contributed by atoms with Gasteiger partial charge in [0, 0.05) is 51.2 Å². The summed E-state index contributed by atoms with van der Waals surface area (Å²) in [7, 11) is 0. The molecular weight excluding hydrogens is 393 g/mol. The van der Waals surface area contributed by atoms with Crippen LogP contribution in [0.1, 0.15) is 16.1 Å². The van der Waals surface area contributed by atoms with Gasteiger partial charge in [-0.05, 0) is 23.8 Å². The van der Waals surface area contributed by atoms with Gasteiger partial charge in [0.2, 0.25) is 0 Å². The van der Waals surface area contributed by atoms with Crippen molar-refractivity contribution in [2.24, 2.45) is 0 Å². The van der Waals surface area contributed by atoms with Crippen molar-refractivity contribution in [3.63, 3.8) is 0 Å². The molecule has 4 rings (SSSR count). The van der Waals surface area contributed by atoms with Crippen molar-refractivity contribution < 1.29 is 9.18 Å². The molecule has 0 bridgehead atoms.